The zero-order valence-electron chi connectivity index (χ0n) is 9.10. The third-order valence-corrected chi connectivity index (χ3v) is 2.83. The van der Waals surface area contributed by atoms with E-state index in [4.69, 9.17) is 14.9 Å². The molecule has 2 rings (SSSR count). The molecule has 4 atom stereocenters. The number of aromatic hydroxyl groups is 1. The lowest BCUT2D eigenvalue weighted by molar-refractivity contribution is -0.0549. The summed E-state index contributed by atoms with van der Waals surface area (Å²) in [5.41, 5.74) is -1.19. The average Bonchev–Trinajstić information content (AvgIpc) is 2.64. The molecule has 18 heavy (non-hydrogen) atoms. The third-order valence-electron chi connectivity index (χ3n) is 2.83. The molecule has 2 heterocycles. The largest absolute Gasteiger partial charge is 0.505 e. The van der Waals surface area contributed by atoms with E-state index in [1.54, 1.807) is 0 Å². The lowest BCUT2D eigenvalue weighted by Gasteiger charge is -2.17. The monoisotopic (exact) mass is 261 g/mol. The molecule has 0 aromatic carbocycles. The maximum Gasteiger partial charge on any atom is 0.292 e. The van der Waals surface area contributed by atoms with E-state index in [2.05, 4.69) is 0 Å². The normalized spacial score (nSPS) is 31.8. The van der Waals surface area contributed by atoms with Crippen LogP contribution in [0.2, 0.25) is 0 Å². The fourth-order valence-corrected chi connectivity index (χ4v) is 1.82. The molecular weight excluding hydrogens is 249 g/mol. The van der Waals surface area contributed by atoms with Gasteiger partial charge in [-0.25, -0.2) is 0 Å². The minimum Gasteiger partial charge on any atom is -0.505 e. The van der Waals surface area contributed by atoms with E-state index in [9.17, 15) is 19.4 Å². The van der Waals surface area contributed by atoms with Crippen molar-refractivity contribution in [2.45, 2.75) is 24.5 Å². The van der Waals surface area contributed by atoms with E-state index < -0.39 is 48.3 Å². The van der Waals surface area contributed by atoms with Crippen LogP contribution in [0.5, 0.6) is 5.75 Å². The van der Waals surface area contributed by atoms with Crippen LogP contribution in [0.15, 0.2) is 17.1 Å². The Hall–Kier alpha value is -1.48. The predicted octanol–water partition coefficient (Wildman–Crippen LogP) is -1.70. The molecule has 1 saturated heterocycles. The Kier molecular flexibility index (Phi) is 3.35. The van der Waals surface area contributed by atoms with Crippen LogP contribution >= 0.6 is 0 Å². The number of ether oxygens (including phenoxy) is 1. The van der Waals surface area contributed by atoms with E-state index in [1.807, 2.05) is 0 Å². The minimum absolute atomic E-state index is 0.552. The summed E-state index contributed by atoms with van der Waals surface area (Å²) >= 11 is 0. The number of hydrogen-bond donors (Lipinski definition) is 4. The molecule has 0 bridgehead atoms. The second kappa shape index (κ2) is 4.65. The first-order valence-corrected chi connectivity index (χ1v) is 5.19. The number of nitrogens with zero attached hydrogens (tertiary/aromatic N) is 1. The summed E-state index contributed by atoms with van der Waals surface area (Å²) in [5, 5.41) is 37.1. The predicted molar refractivity (Wildman–Crippen MR) is 55.3 cm³/mol. The van der Waals surface area contributed by atoms with Crippen LogP contribution in [-0.2, 0) is 4.74 Å². The molecule has 0 amide bonds. The molecule has 1 aromatic heterocycles. The van der Waals surface area contributed by atoms with Crippen molar-refractivity contribution in [2.75, 3.05) is 6.61 Å². The van der Waals surface area contributed by atoms with E-state index >= 15 is 0 Å². The van der Waals surface area contributed by atoms with Crippen LogP contribution < -0.4 is 5.56 Å². The summed E-state index contributed by atoms with van der Waals surface area (Å²) in [7, 11) is 0. The number of rotatable bonds is 2. The molecule has 1 aromatic rings. The van der Waals surface area contributed by atoms with Crippen LogP contribution in [0.4, 0.5) is 4.39 Å². The van der Waals surface area contributed by atoms with Crippen LogP contribution in [0.1, 0.15) is 6.23 Å². The van der Waals surface area contributed by atoms with Gasteiger partial charge in [-0.2, -0.15) is 4.39 Å². The maximum atomic E-state index is 13.2. The topological polar surface area (TPSA) is 112 Å². The minimum atomic E-state index is -1.48. The Labute approximate surface area is 100 Å². The van der Waals surface area contributed by atoms with Gasteiger partial charge in [-0.15, -0.1) is 0 Å². The van der Waals surface area contributed by atoms with Gasteiger partial charge in [-0.05, 0) is 6.07 Å². The number of aliphatic hydroxyl groups excluding tert-OH is 3. The van der Waals surface area contributed by atoms with Crippen molar-refractivity contribution in [1.82, 2.24) is 4.57 Å². The highest BCUT2D eigenvalue weighted by atomic mass is 19.1. The Morgan fingerprint density at radius 3 is 2.61 bits per heavy atom. The molecule has 0 saturated carbocycles. The van der Waals surface area contributed by atoms with Crippen molar-refractivity contribution < 1.29 is 29.6 Å². The number of pyridine rings is 1. The Bertz CT molecular complexity index is 504. The molecule has 8 heteroatoms. The molecule has 100 valence electrons. The second-order valence-electron chi connectivity index (χ2n) is 3.96. The molecule has 1 aliphatic heterocycles. The second-order valence-corrected chi connectivity index (χ2v) is 3.96. The number of halogens is 1. The standard InChI is InChI=1S/C10H12FNO6/c11-6-4(14)1-2-12(9(6)17)10-8(16)7(15)5(3-13)18-10/h1-2,5,7-8,10,13-16H,3H2/t5-,7-,8+,10-/m1/s1. The van der Waals surface area contributed by atoms with Gasteiger partial charge in [-0.1, -0.05) is 0 Å². The molecule has 1 fully saturated rings. The highest BCUT2D eigenvalue weighted by Crippen LogP contribution is 2.28. The maximum absolute atomic E-state index is 13.2. The Morgan fingerprint density at radius 2 is 2.06 bits per heavy atom. The zero-order valence-corrected chi connectivity index (χ0v) is 9.10. The highest BCUT2D eigenvalue weighted by Gasteiger charge is 2.43. The average molecular weight is 261 g/mol. The van der Waals surface area contributed by atoms with E-state index in [1.165, 1.54) is 0 Å². The van der Waals surface area contributed by atoms with Crippen LogP contribution in [-0.4, -0.2) is 49.9 Å². The van der Waals surface area contributed by atoms with Gasteiger partial charge in [-0.3, -0.25) is 9.36 Å². The van der Waals surface area contributed by atoms with Gasteiger partial charge in [0.1, 0.15) is 18.3 Å². The first-order chi connectivity index (χ1) is 8.47. The molecule has 0 unspecified atom stereocenters. The van der Waals surface area contributed by atoms with Gasteiger partial charge in [0.15, 0.2) is 12.0 Å². The van der Waals surface area contributed by atoms with Gasteiger partial charge in [0.25, 0.3) is 5.56 Å². The molecule has 0 radical (unpaired) electrons. The van der Waals surface area contributed by atoms with Gasteiger partial charge in [0, 0.05) is 6.20 Å². The van der Waals surface area contributed by atoms with E-state index in [-0.39, 0.29) is 0 Å². The van der Waals surface area contributed by atoms with Crippen molar-refractivity contribution >= 4 is 0 Å². The van der Waals surface area contributed by atoms with E-state index in [0.717, 1.165) is 12.3 Å². The van der Waals surface area contributed by atoms with Gasteiger partial charge < -0.3 is 25.2 Å². The smallest absolute Gasteiger partial charge is 0.292 e. The number of hydrogen-bond acceptors (Lipinski definition) is 6. The highest BCUT2D eigenvalue weighted by molar-refractivity contribution is 5.19. The quantitative estimate of drug-likeness (QED) is 0.505. The summed E-state index contributed by atoms with van der Waals surface area (Å²) in [6.45, 7) is -0.552. The van der Waals surface area contributed by atoms with Crippen molar-refractivity contribution in [3.63, 3.8) is 0 Å². The Balaban J connectivity index is 2.39. The van der Waals surface area contributed by atoms with Gasteiger partial charge in [0.05, 0.1) is 6.61 Å². The summed E-state index contributed by atoms with van der Waals surface area (Å²) < 4.78 is 19.0. The molecule has 4 N–H and O–H groups in total. The Morgan fingerprint density at radius 1 is 1.39 bits per heavy atom. The van der Waals surface area contributed by atoms with E-state index in [0.29, 0.717) is 4.57 Å². The van der Waals surface area contributed by atoms with Gasteiger partial charge >= 0.3 is 0 Å². The van der Waals surface area contributed by atoms with Gasteiger partial charge in [0.2, 0.25) is 5.82 Å². The van der Waals surface area contributed by atoms with Crippen molar-refractivity contribution in [2.24, 2.45) is 0 Å². The first-order valence-electron chi connectivity index (χ1n) is 5.19. The summed E-state index contributed by atoms with van der Waals surface area (Å²) in [5.74, 6) is -2.20. The summed E-state index contributed by atoms with van der Waals surface area (Å²) in [4.78, 5) is 11.5. The fourth-order valence-electron chi connectivity index (χ4n) is 1.82. The molecule has 0 aliphatic carbocycles. The summed E-state index contributed by atoms with van der Waals surface area (Å²) in [6, 6.07) is 0.922. The van der Waals surface area contributed by atoms with Crippen LogP contribution in [0.25, 0.3) is 0 Å². The van der Waals surface area contributed by atoms with Crippen LogP contribution in [0, 0.1) is 5.82 Å². The molecule has 1 aliphatic rings. The molecule has 7 nitrogen and oxygen atoms in total. The van der Waals surface area contributed by atoms with Crippen molar-refractivity contribution in [3.8, 4) is 5.75 Å². The lowest BCUT2D eigenvalue weighted by atomic mass is 10.1. The number of aromatic nitrogens is 1. The lowest BCUT2D eigenvalue weighted by Crippen LogP contribution is -2.35. The van der Waals surface area contributed by atoms with Crippen molar-refractivity contribution in [3.05, 3.63) is 28.4 Å². The zero-order chi connectivity index (χ0) is 13.4. The summed E-state index contributed by atoms with van der Waals surface area (Å²) in [6.07, 6.45) is -4.22. The molecular formula is C10H12FNO6. The third kappa shape index (κ3) is 1.89. The first kappa shape index (κ1) is 13.0. The molecule has 0 spiro atoms. The number of aliphatic hydroxyl groups is 3. The fraction of sp³-hybridized carbons (Fsp3) is 0.500. The van der Waals surface area contributed by atoms with Crippen LogP contribution in [0.3, 0.4) is 0 Å². The van der Waals surface area contributed by atoms with Crippen molar-refractivity contribution in [1.29, 1.82) is 0 Å². The SMILES string of the molecule is O=c1c(F)c(O)ccn1[C@@H]1O[C@H](CO)[C@@H](O)[C@@H]1O.